The van der Waals surface area contributed by atoms with Gasteiger partial charge in [-0.25, -0.2) is 15.8 Å². The second kappa shape index (κ2) is 7.03. The van der Waals surface area contributed by atoms with Crippen molar-refractivity contribution in [1.82, 2.24) is 14.9 Å². The van der Waals surface area contributed by atoms with Crippen molar-refractivity contribution in [3.05, 3.63) is 12.4 Å². The highest BCUT2D eigenvalue weighted by Gasteiger charge is 2.07. The maximum atomic E-state index is 5.30. The maximum Gasteiger partial charge on any atom is 0.145 e. The van der Waals surface area contributed by atoms with Gasteiger partial charge >= 0.3 is 0 Å². The Labute approximate surface area is 103 Å². The topological polar surface area (TPSA) is 79.1 Å². The van der Waals surface area contributed by atoms with E-state index in [1.165, 1.54) is 6.33 Å². The monoisotopic (exact) mass is 238 g/mol. The molecule has 1 aromatic rings. The van der Waals surface area contributed by atoms with Gasteiger partial charge in [0.1, 0.15) is 18.0 Å². The van der Waals surface area contributed by atoms with Crippen molar-refractivity contribution in [1.29, 1.82) is 0 Å². The van der Waals surface area contributed by atoms with Crippen LogP contribution in [0.3, 0.4) is 0 Å². The van der Waals surface area contributed by atoms with Crippen molar-refractivity contribution in [3.8, 4) is 0 Å². The highest BCUT2D eigenvalue weighted by molar-refractivity contribution is 5.46. The van der Waals surface area contributed by atoms with Gasteiger partial charge in [-0.15, -0.1) is 0 Å². The fourth-order valence-electron chi connectivity index (χ4n) is 1.68. The van der Waals surface area contributed by atoms with Crippen LogP contribution in [-0.4, -0.2) is 40.5 Å². The Kier molecular flexibility index (Phi) is 5.65. The molecule has 0 saturated carbocycles. The molecule has 6 heteroatoms. The Morgan fingerprint density at radius 3 is 2.53 bits per heavy atom. The normalized spacial score (nSPS) is 12.5. The molecule has 6 nitrogen and oxygen atoms in total. The van der Waals surface area contributed by atoms with Gasteiger partial charge in [0.2, 0.25) is 0 Å². The third-order valence-corrected chi connectivity index (χ3v) is 2.64. The van der Waals surface area contributed by atoms with E-state index in [1.54, 1.807) is 6.07 Å². The molecule has 1 unspecified atom stereocenters. The third-order valence-electron chi connectivity index (χ3n) is 2.64. The second-order valence-corrected chi connectivity index (χ2v) is 3.96. The lowest BCUT2D eigenvalue weighted by Crippen LogP contribution is -2.34. The third kappa shape index (κ3) is 4.54. The van der Waals surface area contributed by atoms with Crippen LogP contribution in [0, 0.1) is 0 Å². The highest BCUT2D eigenvalue weighted by Crippen LogP contribution is 2.08. The first kappa shape index (κ1) is 13.7. The van der Waals surface area contributed by atoms with Gasteiger partial charge in [0.05, 0.1) is 0 Å². The molecule has 96 valence electrons. The molecule has 0 aliphatic rings. The number of hydrogen-bond acceptors (Lipinski definition) is 6. The SMILES string of the molecule is CCN(CC)CC(C)Nc1cc(NN)ncn1. The molecule has 0 fully saturated rings. The summed E-state index contributed by atoms with van der Waals surface area (Å²) < 4.78 is 0. The van der Waals surface area contributed by atoms with Crippen LogP contribution < -0.4 is 16.6 Å². The molecule has 0 saturated heterocycles. The van der Waals surface area contributed by atoms with Crippen molar-refractivity contribution in [2.75, 3.05) is 30.4 Å². The van der Waals surface area contributed by atoms with Gasteiger partial charge in [0.25, 0.3) is 0 Å². The zero-order valence-corrected chi connectivity index (χ0v) is 10.8. The number of hydrazine groups is 1. The van der Waals surface area contributed by atoms with Crippen molar-refractivity contribution < 1.29 is 0 Å². The van der Waals surface area contributed by atoms with Gasteiger partial charge in [-0.3, -0.25) is 0 Å². The Bertz CT molecular complexity index is 325. The molecule has 0 aliphatic heterocycles. The van der Waals surface area contributed by atoms with E-state index in [4.69, 9.17) is 5.84 Å². The maximum absolute atomic E-state index is 5.30. The average Bonchev–Trinajstić information content (AvgIpc) is 2.36. The van der Waals surface area contributed by atoms with Crippen LogP contribution in [0.2, 0.25) is 0 Å². The lowest BCUT2D eigenvalue weighted by molar-refractivity contribution is 0.294. The van der Waals surface area contributed by atoms with E-state index in [0.29, 0.717) is 11.9 Å². The lowest BCUT2D eigenvalue weighted by atomic mass is 10.3. The Morgan fingerprint density at radius 1 is 1.29 bits per heavy atom. The summed E-state index contributed by atoms with van der Waals surface area (Å²) in [5.74, 6) is 6.69. The quantitative estimate of drug-likeness (QED) is 0.484. The largest absolute Gasteiger partial charge is 0.366 e. The summed E-state index contributed by atoms with van der Waals surface area (Å²) in [5, 5.41) is 3.33. The molecule has 1 rings (SSSR count). The van der Waals surface area contributed by atoms with E-state index >= 15 is 0 Å². The van der Waals surface area contributed by atoms with E-state index in [-0.39, 0.29) is 0 Å². The summed E-state index contributed by atoms with van der Waals surface area (Å²) in [4.78, 5) is 10.5. The molecule has 0 amide bonds. The summed E-state index contributed by atoms with van der Waals surface area (Å²) in [5.41, 5.74) is 2.50. The summed E-state index contributed by atoms with van der Waals surface area (Å²) >= 11 is 0. The summed E-state index contributed by atoms with van der Waals surface area (Å²) in [7, 11) is 0. The second-order valence-electron chi connectivity index (χ2n) is 3.96. The Balaban J connectivity index is 2.52. The number of anilines is 2. The van der Waals surface area contributed by atoms with Crippen LogP contribution >= 0.6 is 0 Å². The summed E-state index contributed by atoms with van der Waals surface area (Å²) in [6, 6.07) is 2.12. The van der Waals surface area contributed by atoms with Gasteiger partial charge in [0, 0.05) is 18.7 Å². The molecular weight excluding hydrogens is 216 g/mol. The lowest BCUT2D eigenvalue weighted by Gasteiger charge is -2.23. The van der Waals surface area contributed by atoms with Crippen LogP contribution in [-0.2, 0) is 0 Å². The smallest absolute Gasteiger partial charge is 0.145 e. The van der Waals surface area contributed by atoms with E-state index < -0.39 is 0 Å². The highest BCUT2D eigenvalue weighted by atomic mass is 15.3. The van der Waals surface area contributed by atoms with Crippen LogP contribution in [0.5, 0.6) is 0 Å². The van der Waals surface area contributed by atoms with E-state index in [2.05, 4.69) is 46.4 Å². The first-order chi connectivity index (χ1) is 8.19. The molecule has 1 aromatic heterocycles. The zero-order chi connectivity index (χ0) is 12.7. The molecule has 0 aliphatic carbocycles. The van der Waals surface area contributed by atoms with Crippen molar-refractivity contribution in [2.24, 2.45) is 5.84 Å². The average molecular weight is 238 g/mol. The standard InChI is InChI=1S/C11H22N6/c1-4-17(5-2)7-9(3)15-10-6-11(16-12)14-8-13-10/h6,8-9H,4-5,7,12H2,1-3H3,(H2,13,14,15,16). The van der Waals surface area contributed by atoms with Gasteiger partial charge in [-0.2, -0.15) is 0 Å². The molecular formula is C11H22N6. The van der Waals surface area contributed by atoms with E-state index in [1.807, 2.05) is 0 Å². The fourth-order valence-corrected chi connectivity index (χ4v) is 1.68. The van der Waals surface area contributed by atoms with Crippen LogP contribution in [0.15, 0.2) is 12.4 Å². The van der Waals surface area contributed by atoms with Gasteiger partial charge < -0.3 is 15.6 Å². The molecule has 17 heavy (non-hydrogen) atoms. The number of nitrogens with zero attached hydrogens (tertiary/aromatic N) is 3. The number of hydrogen-bond donors (Lipinski definition) is 3. The number of likely N-dealkylation sites (N-methyl/N-ethyl adjacent to an activating group) is 1. The van der Waals surface area contributed by atoms with Crippen molar-refractivity contribution in [2.45, 2.75) is 26.8 Å². The number of aromatic nitrogens is 2. The van der Waals surface area contributed by atoms with E-state index in [0.717, 1.165) is 25.5 Å². The number of nitrogens with two attached hydrogens (primary N) is 1. The molecule has 0 bridgehead atoms. The molecule has 1 heterocycles. The Hall–Kier alpha value is -1.40. The van der Waals surface area contributed by atoms with Gasteiger partial charge in [-0.05, 0) is 20.0 Å². The first-order valence-electron chi connectivity index (χ1n) is 5.97. The molecule has 0 radical (unpaired) electrons. The molecule has 1 atom stereocenters. The minimum absolute atomic E-state index is 0.329. The zero-order valence-electron chi connectivity index (χ0n) is 10.8. The predicted molar refractivity (Wildman–Crippen MR) is 70.7 cm³/mol. The number of nitrogen functional groups attached to an aromatic ring is 1. The Morgan fingerprint density at radius 2 is 1.94 bits per heavy atom. The van der Waals surface area contributed by atoms with Gasteiger partial charge in [0.15, 0.2) is 0 Å². The fraction of sp³-hybridized carbons (Fsp3) is 0.636. The van der Waals surface area contributed by atoms with Gasteiger partial charge in [-0.1, -0.05) is 13.8 Å². The minimum Gasteiger partial charge on any atom is -0.366 e. The predicted octanol–water partition coefficient (Wildman–Crippen LogP) is 0.904. The first-order valence-corrected chi connectivity index (χ1v) is 5.97. The number of rotatable bonds is 7. The number of nitrogens with one attached hydrogen (secondary N) is 2. The minimum atomic E-state index is 0.329. The molecule has 0 spiro atoms. The van der Waals surface area contributed by atoms with Crippen molar-refractivity contribution in [3.63, 3.8) is 0 Å². The van der Waals surface area contributed by atoms with Crippen molar-refractivity contribution >= 4 is 11.6 Å². The van der Waals surface area contributed by atoms with E-state index in [9.17, 15) is 0 Å². The molecule has 0 aromatic carbocycles. The van der Waals surface area contributed by atoms with Crippen LogP contribution in [0.4, 0.5) is 11.6 Å². The summed E-state index contributed by atoms with van der Waals surface area (Å²) in [6.07, 6.45) is 1.49. The van der Waals surface area contributed by atoms with Crippen LogP contribution in [0.25, 0.3) is 0 Å². The van der Waals surface area contributed by atoms with Crippen LogP contribution in [0.1, 0.15) is 20.8 Å². The summed E-state index contributed by atoms with van der Waals surface area (Å²) in [6.45, 7) is 9.57. The molecule has 4 N–H and O–H groups in total.